The molecule has 0 spiro atoms. The number of hydrogen-bond acceptors (Lipinski definition) is 4. The van der Waals surface area contributed by atoms with Gasteiger partial charge in [0.05, 0.1) is 22.1 Å². The van der Waals surface area contributed by atoms with E-state index in [1.807, 2.05) is 29.5 Å². The molecule has 13 aromatic rings. The molecule has 13 rings (SSSR count). The Bertz CT molecular complexity index is 3880. The van der Waals surface area contributed by atoms with E-state index in [-0.39, 0.29) is 0 Å². The standard InChI is InChI=1S/C57H35N5S/c1-3-13-36(14-4-1)37-23-25-38(26-24-37)39-27-30-42(31-28-39)61-49-20-10-7-17-43(49)46-32-33-47-44-18-8-11-21-50(44)62(54(47)53(46)61)57-59-55(40-15-5-2-6-16-40)58-56(60-57)41-29-34-52-48(35-41)45-19-9-12-22-51(45)63-52/h1-35H. The summed E-state index contributed by atoms with van der Waals surface area (Å²) in [6.07, 6.45) is 0. The maximum Gasteiger partial charge on any atom is 0.238 e. The number of aromatic nitrogens is 5. The van der Waals surface area contributed by atoms with E-state index in [0.717, 1.165) is 60.6 Å². The summed E-state index contributed by atoms with van der Waals surface area (Å²) in [7, 11) is 0. The summed E-state index contributed by atoms with van der Waals surface area (Å²) < 4.78 is 7.19. The third-order valence-electron chi connectivity index (χ3n) is 12.4. The number of nitrogens with zero attached hydrogens (tertiary/aromatic N) is 5. The predicted molar refractivity (Wildman–Crippen MR) is 263 cm³/mol. The first-order valence-electron chi connectivity index (χ1n) is 21.2. The van der Waals surface area contributed by atoms with Gasteiger partial charge in [0.15, 0.2) is 11.6 Å². The molecule has 0 bridgehead atoms. The van der Waals surface area contributed by atoms with Crippen molar-refractivity contribution in [1.82, 2.24) is 24.1 Å². The van der Waals surface area contributed by atoms with Gasteiger partial charge in [-0.25, -0.2) is 4.98 Å². The van der Waals surface area contributed by atoms with Crippen LogP contribution in [0.4, 0.5) is 0 Å². The van der Waals surface area contributed by atoms with Crippen LogP contribution in [-0.2, 0) is 0 Å². The van der Waals surface area contributed by atoms with Crippen molar-refractivity contribution in [3.8, 4) is 56.7 Å². The van der Waals surface area contributed by atoms with Crippen LogP contribution in [0.1, 0.15) is 0 Å². The molecule has 5 nitrogen and oxygen atoms in total. The molecule has 4 heterocycles. The van der Waals surface area contributed by atoms with Crippen molar-refractivity contribution in [2.45, 2.75) is 0 Å². The molecule has 9 aromatic carbocycles. The number of hydrogen-bond donors (Lipinski definition) is 0. The van der Waals surface area contributed by atoms with Gasteiger partial charge in [-0.15, -0.1) is 11.3 Å². The number of thiophene rings is 1. The second-order valence-electron chi connectivity index (χ2n) is 16.0. The Kier molecular flexibility index (Phi) is 8.01. The topological polar surface area (TPSA) is 48.5 Å². The molecular weight excluding hydrogens is 787 g/mol. The monoisotopic (exact) mass is 821 g/mol. The van der Waals surface area contributed by atoms with Crippen LogP contribution >= 0.6 is 11.3 Å². The summed E-state index contributed by atoms with van der Waals surface area (Å²) in [5.41, 5.74) is 12.0. The highest BCUT2D eigenvalue weighted by molar-refractivity contribution is 7.25. The quantitative estimate of drug-likeness (QED) is 0.168. The lowest BCUT2D eigenvalue weighted by Gasteiger charge is -2.14. The molecule has 0 fully saturated rings. The zero-order valence-electron chi connectivity index (χ0n) is 33.9. The van der Waals surface area contributed by atoms with Crippen LogP contribution < -0.4 is 0 Å². The van der Waals surface area contributed by atoms with E-state index in [1.54, 1.807) is 0 Å². The van der Waals surface area contributed by atoms with Crippen LogP contribution in [-0.4, -0.2) is 24.1 Å². The number of para-hydroxylation sites is 2. The molecule has 0 unspecified atom stereocenters. The van der Waals surface area contributed by atoms with Crippen LogP contribution in [0.2, 0.25) is 0 Å². The van der Waals surface area contributed by atoms with Crippen molar-refractivity contribution in [1.29, 1.82) is 0 Å². The summed E-state index contributed by atoms with van der Waals surface area (Å²) in [4.78, 5) is 15.9. The van der Waals surface area contributed by atoms with Crippen molar-refractivity contribution in [3.05, 3.63) is 212 Å². The SMILES string of the molecule is c1ccc(-c2ccc(-c3ccc(-n4c5ccccc5c5ccc6c7ccccc7n(-c7nc(-c8ccccc8)nc(-c8ccc9sc%10ccccc%10c9c8)n7)c6c54)cc3)cc2)cc1. The first-order chi connectivity index (χ1) is 31.2. The van der Waals surface area contributed by atoms with Gasteiger partial charge in [-0.2, -0.15) is 9.97 Å². The van der Waals surface area contributed by atoms with Crippen molar-refractivity contribution >= 4 is 75.1 Å². The van der Waals surface area contributed by atoms with Gasteiger partial charge in [0, 0.05) is 58.5 Å². The van der Waals surface area contributed by atoms with Crippen molar-refractivity contribution in [3.63, 3.8) is 0 Å². The maximum absolute atomic E-state index is 5.41. The molecule has 0 atom stereocenters. The van der Waals surface area contributed by atoms with Crippen LogP contribution in [0.5, 0.6) is 0 Å². The van der Waals surface area contributed by atoms with Gasteiger partial charge in [0.25, 0.3) is 0 Å². The minimum Gasteiger partial charge on any atom is -0.307 e. The lowest BCUT2D eigenvalue weighted by Crippen LogP contribution is -2.07. The molecule has 0 N–H and O–H groups in total. The Morgan fingerprint density at radius 1 is 0.302 bits per heavy atom. The van der Waals surface area contributed by atoms with E-state index in [1.165, 1.54) is 42.2 Å². The fourth-order valence-corrected chi connectivity index (χ4v) is 10.5. The van der Waals surface area contributed by atoms with Crippen molar-refractivity contribution in [2.24, 2.45) is 0 Å². The van der Waals surface area contributed by atoms with E-state index >= 15 is 0 Å². The maximum atomic E-state index is 5.41. The second kappa shape index (κ2) is 14.2. The average Bonchev–Trinajstić information content (AvgIpc) is 4.02. The lowest BCUT2D eigenvalue weighted by atomic mass is 10.0. The average molecular weight is 822 g/mol. The molecule has 0 aliphatic carbocycles. The molecule has 294 valence electrons. The highest BCUT2D eigenvalue weighted by Gasteiger charge is 2.24. The summed E-state index contributed by atoms with van der Waals surface area (Å²) in [6.45, 7) is 0. The number of benzene rings is 9. The fraction of sp³-hybridized carbons (Fsp3) is 0. The van der Waals surface area contributed by atoms with Gasteiger partial charge < -0.3 is 4.57 Å². The summed E-state index contributed by atoms with van der Waals surface area (Å²) >= 11 is 1.81. The van der Waals surface area contributed by atoms with E-state index < -0.39 is 0 Å². The molecule has 0 saturated carbocycles. The molecule has 0 saturated heterocycles. The van der Waals surface area contributed by atoms with E-state index in [4.69, 9.17) is 15.0 Å². The lowest BCUT2D eigenvalue weighted by molar-refractivity contribution is 0.953. The smallest absolute Gasteiger partial charge is 0.238 e. The van der Waals surface area contributed by atoms with Gasteiger partial charge in [0.1, 0.15) is 0 Å². The van der Waals surface area contributed by atoms with Crippen LogP contribution in [0.25, 0.3) is 120 Å². The Labute approximate surface area is 366 Å². The minimum absolute atomic E-state index is 0.568. The summed E-state index contributed by atoms with van der Waals surface area (Å²) in [5, 5.41) is 7.05. The molecule has 4 aromatic heterocycles. The van der Waals surface area contributed by atoms with E-state index in [0.29, 0.717) is 17.6 Å². The Morgan fingerprint density at radius 2 is 0.762 bits per heavy atom. The largest absolute Gasteiger partial charge is 0.307 e. The molecule has 0 aliphatic heterocycles. The molecular formula is C57H35N5S. The predicted octanol–water partition coefficient (Wildman–Crippen LogP) is 15.1. The Balaban J connectivity index is 1.05. The second-order valence-corrected chi connectivity index (χ2v) is 17.1. The van der Waals surface area contributed by atoms with Crippen LogP contribution in [0.3, 0.4) is 0 Å². The summed E-state index contributed by atoms with van der Waals surface area (Å²) in [6, 6.07) is 75.7. The number of fused-ring (bicyclic) bond motifs is 10. The fourth-order valence-electron chi connectivity index (χ4n) is 9.44. The first-order valence-corrected chi connectivity index (χ1v) is 22.0. The van der Waals surface area contributed by atoms with Gasteiger partial charge in [0.2, 0.25) is 5.95 Å². The van der Waals surface area contributed by atoms with Gasteiger partial charge in [-0.3, -0.25) is 4.57 Å². The molecule has 6 heteroatoms. The first kappa shape index (κ1) is 35.6. The third-order valence-corrected chi connectivity index (χ3v) is 13.6. The van der Waals surface area contributed by atoms with Crippen LogP contribution in [0.15, 0.2) is 212 Å². The van der Waals surface area contributed by atoms with Gasteiger partial charge in [-0.05, 0) is 70.8 Å². The highest BCUT2D eigenvalue weighted by atomic mass is 32.1. The third kappa shape index (κ3) is 5.73. The van der Waals surface area contributed by atoms with E-state index in [9.17, 15) is 0 Å². The Hall–Kier alpha value is -8.19. The van der Waals surface area contributed by atoms with E-state index in [2.05, 4.69) is 203 Å². The van der Waals surface area contributed by atoms with Gasteiger partial charge in [-0.1, -0.05) is 164 Å². The van der Waals surface area contributed by atoms with Crippen molar-refractivity contribution < 1.29 is 0 Å². The minimum atomic E-state index is 0.568. The molecule has 0 radical (unpaired) electrons. The summed E-state index contributed by atoms with van der Waals surface area (Å²) in [5.74, 6) is 1.82. The Morgan fingerprint density at radius 3 is 1.41 bits per heavy atom. The number of rotatable bonds is 6. The van der Waals surface area contributed by atoms with Crippen molar-refractivity contribution in [2.75, 3.05) is 0 Å². The zero-order valence-corrected chi connectivity index (χ0v) is 34.7. The zero-order chi connectivity index (χ0) is 41.4. The van der Waals surface area contributed by atoms with Gasteiger partial charge >= 0.3 is 0 Å². The molecule has 0 amide bonds. The highest BCUT2D eigenvalue weighted by Crippen LogP contribution is 2.42. The molecule has 63 heavy (non-hydrogen) atoms. The van der Waals surface area contributed by atoms with Crippen LogP contribution in [0, 0.1) is 0 Å². The molecule has 0 aliphatic rings. The normalized spacial score (nSPS) is 11.8.